The van der Waals surface area contributed by atoms with Crippen LogP contribution in [0.2, 0.25) is 5.02 Å². The Kier molecular flexibility index (Phi) is 7.06. The van der Waals surface area contributed by atoms with Crippen molar-refractivity contribution >= 4 is 51.6 Å². The summed E-state index contributed by atoms with van der Waals surface area (Å²) in [5.41, 5.74) is 5.24. The largest absolute Gasteiger partial charge is 0.436 e. The summed E-state index contributed by atoms with van der Waals surface area (Å²) in [6.45, 7) is 4.38. The molecule has 0 aliphatic rings. The lowest BCUT2D eigenvalue weighted by Gasteiger charge is -2.10. The molecule has 1 unspecified atom stereocenters. The van der Waals surface area contributed by atoms with Crippen molar-refractivity contribution in [3.63, 3.8) is 0 Å². The first-order chi connectivity index (χ1) is 15.9. The normalized spacial score (nSPS) is 11.8. The van der Waals surface area contributed by atoms with E-state index in [-0.39, 0.29) is 17.4 Å². The number of amides is 1. The first kappa shape index (κ1) is 23.0. The van der Waals surface area contributed by atoms with Crippen LogP contribution in [0.15, 0.2) is 71.1 Å². The number of aromatic nitrogens is 1. The second-order valence-corrected chi connectivity index (χ2v) is 8.79. The molecular formula is C26H24ClN3O2S. The predicted octanol–water partition coefficient (Wildman–Crippen LogP) is 6.72. The molecule has 4 rings (SSSR count). The molecule has 33 heavy (non-hydrogen) atoms. The first-order valence-electron chi connectivity index (χ1n) is 10.8. The highest BCUT2D eigenvalue weighted by atomic mass is 35.5. The Hall–Kier alpha value is -3.22. The summed E-state index contributed by atoms with van der Waals surface area (Å²) < 4.78 is 5.97. The monoisotopic (exact) mass is 477 g/mol. The second kappa shape index (κ2) is 10.1. The molecule has 2 N–H and O–H groups in total. The van der Waals surface area contributed by atoms with Gasteiger partial charge in [0.2, 0.25) is 11.8 Å². The van der Waals surface area contributed by atoms with Crippen LogP contribution >= 0.6 is 23.8 Å². The lowest BCUT2D eigenvalue weighted by molar-refractivity contribution is -0.119. The predicted molar refractivity (Wildman–Crippen MR) is 138 cm³/mol. The van der Waals surface area contributed by atoms with Crippen LogP contribution in [0, 0.1) is 0 Å². The summed E-state index contributed by atoms with van der Waals surface area (Å²) in [5, 5.41) is 6.61. The highest BCUT2D eigenvalue weighted by Crippen LogP contribution is 2.29. The van der Waals surface area contributed by atoms with Crippen molar-refractivity contribution in [1.29, 1.82) is 0 Å². The van der Waals surface area contributed by atoms with E-state index in [1.807, 2.05) is 42.5 Å². The number of benzene rings is 3. The van der Waals surface area contributed by atoms with E-state index < -0.39 is 0 Å². The number of rotatable bonds is 6. The van der Waals surface area contributed by atoms with Crippen LogP contribution in [-0.2, 0) is 11.2 Å². The van der Waals surface area contributed by atoms with Gasteiger partial charge in [0.05, 0.1) is 6.42 Å². The van der Waals surface area contributed by atoms with Crippen molar-refractivity contribution in [2.45, 2.75) is 32.6 Å². The van der Waals surface area contributed by atoms with Gasteiger partial charge < -0.3 is 15.1 Å². The third kappa shape index (κ3) is 5.78. The van der Waals surface area contributed by atoms with Crippen molar-refractivity contribution in [3.8, 4) is 11.5 Å². The molecule has 0 bridgehead atoms. The van der Waals surface area contributed by atoms with Crippen LogP contribution < -0.4 is 10.6 Å². The molecule has 168 valence electrons. The van der Waals surface area contributed by atoms with E-state index in [0.29, 0.717) is 16.8 Å². The molecule has 0 radical (unpaired) electrons. The number of anilines is 1. The number of halogens is 1. The quantitative estimate of drug-likeness (QED) is 0.302. The number of fused-ring (bicyclic) bond motifs is 1. The summed E-state index contributed by atoms with van der Waals surface area (Å²) >= 11 is 11.2. The molecule has 0 spiro atoms. The number of hydrogen-bond donors (Lipinski definition) is 2. The molecule has 5 nitrogen and oxygen atoms in total. The SMILES string of the molecule is CCC(C)c1ccc2oc(-c3cccc(NC(=S)NC(=O)Cc4ccc(Cl)cc4)c3)nc2c1. The smallest absolute Gasteiger partial charge is 0.230 e. The number of thiocarbonyl (C=S) groups is 1. The van der Waals surface area contributed by atoms with E-state index in [2.05, 4.69) is 41.6 Å². The maximum atomic E-state index is 12.3. The maximum absolute atomic E-state index is 12.3. The molecule has 7 heteroatoms. The Morgan fingerprint density at radius 3 is 2.67 bits per heavy atom. The molecule has 1 atom stereocenters. The zero-order valence-corrected chi connectivity index (χ0v) is 20.0. The lowest BCUT2D eigenvalue weighted by Crippen LogP contribution is -2.35. The zero-order valence-electron chi connectivity index (χ0n) is 18.4. The molecule has 0 saturated heterocycles. The van der Waals surface area contributed by atoms with E-state index in [1.54, 1.807) is 12.1 Å². The third-order valence-corrected chi connectivity index (χ3v) is 5.95. The van der Waals surface area contributed by atoms with E-state index in [9.17, 15) is 4.79 Å². The minimum atomic E-state index is -0.206. The Bertz CT molecular complexity index is 1300. The molecule has 4 aromatic rings. The average Bonchev–Trinajstić information content (AvgIpc) is 3.23. The van der Waals surface area contributed by atoms with E-state index in [1.165, 1.54) is 5.56 Å². The van der Waals surface area contributed by atoms with Crippen LogP contribution in [0.4, 0.5) is 5.69 Å². The van der Waals surface area contributed by atoms with Gasteiger partial charge in [0.25, 0.3) is 0 Å². The summed E-state index contributed by atoms with van der Waals surface area (Å²) in [6, 6.07) is 20.8. The van der Waals surface area contributed by atoms with Gasteiger partial charge in [-0.2, -0.15) is 0 Å². The molecule has 0 fully saturated rings. The van der Waals surface area contributed by atoms with Crippen molar-refractivity contribution in [2.24, 2.45) is 0 Å². The minimum absolute atomic E-state index is 0.206. The summed E-state index contributed by atoms with van der Waals surface area (Å²) in [7, 11) is 0. The zero-order chi connectivity index (χ0) is 23.4. The first-order valence-corrected chi connectivity index (χ1v) is 11.6. The van der Waals surface area contributed by atoms with Crippen molar-refractivity contribution in [2.75, 3.05) is 5.32 Å². The molecule has 3 aromatic carbocycles. The summed E-state index contributed by atoms with van der Waals surface area (Å²) in [5.74, 6) is 0.799. The summed E-state index contributed by atoms with van der Waals surface area (Å²) in [6.07, 6.45) is 1.28. The topological polar surface area (TPSA) is 67.2 Å². The van der Waals surface area contributed by atoms with E-state index in [4.69, 9.17) is 28.2 Å². The maximum Gasteiger partial charge on any atom is 0.230 e. The fourth-order valence-electron chi connectivity index (χ4n) is 3.46. The van der Waals surface area contributed by atoms with Gasteiger partial charge in [-0.15, -0.1) is 0 Å². The Morgan fingerprint density at radius 1 is 1.12 bits per heavy atom. The van der Waals surface area contributed by atoms with Gasteiger partial charge in [-0.3, -0.25) is 4.79 Å². The number of carbonyl (C=O) groups is 1. The number of carbonyl (C=O) groups excluding carboxylic acids is 1. The van der Waals surface area contributed by atoms with Crippen LogP contribution in [0.3, 0.4) is 0 Å². The molecule has 1 amide bonds. The van der Waals surface area contributed by atoms with Crippen LogP contribution in [-0.4, -0.2) is 16.0 Å². The summed E-state index contributed by atoms with van der Waals surface area (Å²) in [4.78, 5) is 17.0. The van der Waals surface area contributed by atoms with E-state index in [0.717, 1.165) is 34.3 Å². The van der Waals surface area contributed by atoms with Crippen LogP contribution in [0.5, 0.6) is 0 Å². The fraction of sp³-hybridized carbons (Fsp3) is 0.192. The lowest BCUT2D eigenvalue weighted by atomic mass is 9.98. The van der Waals surface area contributed by atoms with Crippen molar-refractivity contribution < 1.29 is 9.21 Å². The van der Waals surface area contributed by atoms with Crippen molar-refractivity contribution in [1.82, 2.24) is 10.3 Å². The Labute approximate surface area is 203 Å². The van der Waals surface area contributed by atoms with Crippen LogP contribution in [0.25, 0.3) is 22.6 Å². The van der Waals surface area contributed by atoms with Gasteiger partial charge in [-0.25, -0.2) is 4.98 Å². The second-order valence-electron chi connectivity index (χ2n) is 7.94. The number of nitrogens with zero attached hydrogens (tertiary/aromatic N) is 1. The molecular weight excluding hydrogens is 454 g/mol. The van der Waals surface area contributed by atoms with Gasteiger partial charge in [-0.1, -0.05) is 49.7 Å². The molecule has 1 aromatic heterocycles. The third-order valence-electron chi connectivity index (χ3n) is 5.49. The molecule has 1 heterocycles. The van der Waals surface area contributed by atoms with Crippen LogP contribution in [0.1, 0.15) is 37.3 Å². The fourth-order valence-corrected chi connectivity index (χ4v) is 3.82. The van der Waals surface area contributed by atoms with Gasteiger partial charge in [0.15, 0.2) is 10.7 Å². The molecule has 0 aliphatic heterocycles. The number of nitrogens with one attached hydrogen (secondary N) is 2. The highest BCUT2D eigenvalue weighted by Gasteiger charge is 2.12. The molecule has 0 aliphatic carbocycles. The van der Waals surface area contributed by atoms with Gasteiger partial charge in [0, 0.05) is 16.3 Å². The average molecular weight is 478 g/mol. The van der Waals surface area contributed by atoms with E-state index >= 15 is 0 Å². The van der Waals surface area contributed by atoms with Crippen molar-refractivity contribution in [3.05, 3.63) is 82.9 Å². The Balaban J connectivity index is 1.43. The van der Waals surface area contributed by atoms with Gasteiger partial charge >= 0.3 is 0 Å². The number of oxazole rings is 1. The van der Waals surface area contributed by atoms with Gasteiger partial charge in [-0.05, 0) is 78.1 Å². The minimum Gasteiger partial charge on any atom is -0.436 e. The standard InChI is InChI=1S/C26H24ClN3O2S/c1-3-16(2)18-9-12-23-22(15-18)29-25(32-23)19-5-4-6-21(14-19)28-26(33)30-24(31)13-17-7-10-20(27)11-8-17/h4-12,14-16H,3,13H2,1-2H3,(H2,28,30,31,33). The highest BCUT2D eigenvalue weighted by molar-refractivity contribution is 7.80. The van der Waals surface area contributed by atoms with Gasteiger partial charge in [0.1, 0.15) is 5.52 Å². The number of hydrogen-bond acceptors (Lipinski definition) is 4. The molecule has 0 saturated carbocycles. The Morgan fingerprint density at radius 2 is 1.91 bits per heavy atom.